The summed E-state index contributed by atoms with van der Waals surface area (Å²) in [5, 5.41) is 0. The van der Waals surface area contributed by atoms with Gasteiger partial charge in [0.15, 0.2) is 0 Å². The van der Waals surface area contributed by atoms with E-state index in [0.717, 1.165) is 15.9 Å². The minimum absolute atomic E-state index is 0.526. The minimum Gasteiger partial charge on any atom is -0.489 e. The van der Waals surface area contributed by atoms with Crippen LogP contribution in [-0.2, 0) is 6.61 Å². The normalized spacial score (nSPS) is 10.1. The lowest BCUT2D eigenvalue weighted by atomic mass is 10.2. The van der Waals surface area contributed by atoms with Gasteiger partial charge < -0.3 is 4.74 Å². The van der Waals surface area contributed by atoms with Gasteiger partial charge >= 0.3 is 0 Å². The SMILES string of the molecule is Cc1cccc(OCc2cccnc2Br)c1. The van der Waals surface area contributed by atoms with E-state index in [0.29, 0.717) is 6.61 Å². The monoisotopic (exact) mass is 277 g/mol. The van der Waals surface area contributed by atoms with Gasteiger partial charge in [0.2, 0.25) is 0 Å². The largest absolute Gasteiger partial charge is 0.489 e. The van der Waals surface area contributed by atoms with Crippen LogP contribution < -0.4 is 4.74 Å². The number of ether oxygens (including phenoxy) is 1. The van der Waals surface area contributed by atoms with E-state index in [4.69, 9.17) is 4.74 Å². The van der Waals surface area contributed by atoms with Crippen LogP contribution in [0.2, 0.25) is 0 Å². The summed E-state index contributed by atoms with van der Waals surface area (Å²) >= 11 is 3.39. The Labute approximate surface area is 103 Å². The van der Waals surface area contributed by atoms with Crippen molar-refractivity contribution >= 4 is 15.9 Å². The Kier molecular flexibility index (Phi) is 3.57. The topological polar surface area (TPSA) is 22.1 Å². The number of hydrogen-bond donors (Lipinski definition) is 0. The molecule has 0 atom stereocenters. The van der Waals surface area contributed by atoms with Crippen LogP contribution in [0, 0.1) is 6.92 Å². The first kappa shape index (κ1) is 11.1. The van der Waals surface area contributed by atoms with E-state index in [1.807, 2.05) is 43.3 Å². The summed E-state index contributed by atoms with van der Waals surface area (Å²) < 4.78 is 6.52. The summed E-state index contributed by atoms with van der Waals surface area (Å²) in [5.41, 5.74) is 2.24. The molecule has 0 N–H and O–H groups in total. The van der Waals surface area contributed by atoms with Crippen LogP contribution in [0.4, 0.5) is 0 Å². The van der Waals surface area contributed by atoms with Gasteiger partial charge in [0.05, 0.1) is 0 Å². The lowest BCUT2D eigenvalue weighted by molar-refractivity contribution is 0.304. The Morgan fingerprint density at radius 1 is 1.25 bits per heavy atom. The zero-order valence-corrected chi connectivity index (χ0v) is 10.6. The van der Waals surface area contributed by atoms with Crippen LogP contribution in [0.15, 0.2) is 47.2 Å². The lowest BCUT2D eigenvalue weighted by Crippen LogP contribution is -1.97. The highest BCUT2D eigenvalue weighted by Crippen LogP contribution is 2.17. The molecule has 2 aromatic rings. The molecule has 16 heavy (non-hydrogen) atoms. The van der Waals surface area contributed by atoms with Crippen molar-refractivity contribution in [2.45, 2.75) is 13.5 Å². The van der Waals surface area contributed by atoms with Crippen LogP contribution in [0.3, 0.4) is 0 Å². The smallest absolute Gasteiger partial charge is 0.120 e. The second kappa shape index (κ2) is 5.12. The maximum absolute atomic E-state index is 5.68. The highest BCUT2D eigenvalue weighted by Gasteiger charge is 2.00. The minimum atomic E-state index is 0.526. The van der Waals surface area contributed by atoms with Gasteiger partial charge in [-0.15, -0.1) is 0 Å². The van der Waals surface area contributed by atoms with Crippen molar-refractivity contribution in [3.05, 3.63) is 58.3 Å². The van der Waals surface area contributed by atoms with Crippen molar-refractivity contribution in [1.82, 2.24) is 4.98 Å². The first-order valence-electron chi connectivity index (χ1n) is 5.04. The Bertz CT molecular complexity index is 485. The lowest BCUT2D eigenvalue weighted by Gasteiger charge is -2.07. The maximum atomic E-state index is 5.68. The molecule has 0 bridgehead atoms. The molecule has 82 valence electrons. The zero-order valence-electron chi connectivity index (χ0n) is 8.98. The number of pyridine rings is 1. The quantitative estimate of drug-likeness (QED) is 0.798. The third kappa shape index (κ3) is 2.83. The Morgan fingerprint density at radius 2 is 2.12 bits per heavy atom. The van der Waals surface area contributed by atoms with E-state index in [1.54, 1.807) is 6.20 Å². The third-order valence-electron chi connectivity index (χ3n) is 2.22. The fourth-order valence-electron chi connectivity index (χ4n) is 1.39. The average molecular weight is 278 g/mol. The molecule has 0 spiro atoms. The molecule has 0 fully saturated rings. The number of halogens is 1. The number of nitrogens with zero attached hydrogens (tertiary/aromatic N) is 1. The second-order valence-corrected chi connectivity index (χ2v) is 4.31. The molecule has 0 amide bonds. The van der Waals surface area contributed by atoms with Crippen molar-refractivity contribution in [2.24, 2.45) is 0 Å². The number of aryl methyl sites for hydroxylation is 1. The average Bonchev–Trinajstić information content (AvgIpc) is 2.28. The van der Waals surface area contributed by atoms with Gasteiger partial charge in [-0.3, -0.25) is 0 Å². The van der Waals surface area contributed by atoms with Gasteiger partial charge in [0.1, 0.15) is 17.0 Å². The summed E-state index contributed by atoms with van der Waals surface area (Å²) in [5.74, 6) is 0.885. The van der Waals surface area contributed by atoms with Gasteiger partial charge in [-0.1, -0.05) is 18.2 Å². The maximum Gasteiger partial charge on any atom is 0.120 e. The van der Waals surface area contributed by atoms with Crippen molar-refractivity contribution < 1.29 is 4.74 Å². The van der Waals surface area contributed by atoms with Crippen molar-refractivity contribution in [1.29, 1.82) is 0 Å². The highest BCUT2D eigenvalue weighted by molar-refractivity contribution is 9.10. The number of benzene rings is 1. The van der Waals surface area contributed by atoms with E-state index < -0.39 is 0 Å². The van der Waals surface area contributed by atoms with Gasteiger partial charge in [-0.2, -0.15) is 0 Å². The molecule has 0 aliphatic heterocycles. The highest BCUT2D eigenvalue weighted by atomic mass is 79.9. The number of hydrogen-bond acceptors (Lipinski definition) is 2. The summed E-state index contributed by atoms with van der Waals surface area (Å²) in [7, 11) is 0. The predicted molar refractivity (Wildman–Crippen MR) is 67.4 cm³/mol. The summed E-state index contributed by atoms with van der Waals surface area (Å²) in [6.07, 6.45) is 1.75. The van der Waals surface area contributed by atoms with Crippen molar-refractivity contribution in [3.63, 3.8) is 0 Å². The summed E-state index contributed by atoms with van der Waals surface area (Å²) in [4.78, 5) is 4.15. The van der Waals surface area contributed by atoms with Crippen LogP contribution in [0.1, 0.15) is 11.1 Å². The molecule has 0 aliphatic carbocycles. The third-order valence-corrected chi connectivity index (χ3v) is 2.93. The van der Waals surface area contributed by atoms with E-state index in [2.05, 4.69) is 20.9 Å². The first-order valence-corrected chi connectivity index (χ1v) is 5.84. The van der Waals surface area contributed by atoms with Gasteiger partial charge in [-0.05, 0) is 46.6 Å². The Balaban J connectivity index is 2.05. The fourth-order valence-corrected chi connectivity index (χ4v) is 1.76. The Morgan fingerprint density at radius 3 is 2.88 bits per heavy atom. The molecule has 0 saturated carbocycles. The van der Waals surface area contributed by atoms with E-state index >= 15 is 0 Å². The number of rotatable bonds is 3. The van der Waals surface area contributed by atoms with E-state index in [-0.39, 0.29) is 0 Å². The molecule has 0 radical (unpaired) electrons. The molecule has 0 saturated heterocycles. The fraction of sp³-hybridized carbons (Fsp3) is 0.154. The molecule has 2 rings (SSSR count). The van der Waals surface area contributed by atoms with E-state index in [9.17, 15) is 0 Å². The van der Waals surface area contributed by atoms with Crippen LogP contribution >= 0.6 is 15.9 Å². The second-order valence-electron chi connectivity index (χ2n) is 3.56. The molecule has 1 aromatic heterocycles. The molecule has 2 nitrogen and oxygen atoms in total. The molecule has 1 aromatic carbocycles. The molecule has 1 heterocycles. The van der Waals surface area contributed by atoms with Crippen molar-refractivity contribution in [2.75, 3.05) is 0 Å². The standard InChI is InChI=1S/C13H12BrNO/c1-10-4-2-6-12(8-10)16-9-11-5-3-7-15-13(11)14/h2-8H,9H2,1H3. The Hall–Kier alpha value is -1.35. The molecule has 0 aliphatic rings. The summed E-state index contributed by atoms with van der Waals surface area (Å²) in [6.45, 7) is 2.57. The zero-order chi connectivity index (χ0) is 11.4. The van der Waals surface area contributed by atoms with E-state index in [1.165, 1.54) is 5.56 Å². The number of aromatic nitrogens is 1. The van der Waals surface area contributed by atoms with Crippen LogP contribution in [0.25, 0.3) is 0 Å². The summed E-state index contributed by atoms with van der Waals surface area (Å²) in [6, 6.07) is 11.9. The predicted octanol–water partition coefficient (Wildman–Crippen LogP) is 3.73. The van der Waals surface area contributed by atoms with Gasteiger partial charge in [-0.25, -0.2) is 4.98 Å². The molecule has 0 unspecified atom stereocenters. The molecular formula is C13H12BrNO. The van der Waals surface area contributed by atoms with Crippen LogP contribution in [0.5, 0.6) is 5.75 Å². The molecular weight excluding hydrogens is 266 g/mol. The molecule has 3 heteroatoms. The van der Waals surface area contributed by atoms with Crippen molar-refractivity contribution in [3.8, 4) is 5.75 Å². The van der Waals surface area contributed by atoms with Crippen LogP contribution in [-0.4, -0.2) is 4.98 Å². The van der Waals surface area contributed by atoms with Gasteiger partial charge in [0.25, 0.3) is 0 Å². The van der Waals surface area contributed by atoms with Gasteiger partial charge in [0, 0.05) is 11.8 Å². The first-order chi connectivity index (χ1) is 7.75.